The first-order valence-corrected chi connectivity index (χ1v) is 6.91. The number of hydrogen-bond acceptors (Lipinski definition) is 5. The highest BCUT2D eigenvalue weighted by Crippen LogP contribution is 2.08. The zero-order chi connectivity index (χ0) is 15.0. The molecular formula is C14H24N4O2. The average Bonchev–Trinajstić information content (AvgIpc) is 2.34. The predicted molar refractivity (Wildman–Crippen MR) is 78.8 cm³/mol. The van der Waals surface area contributed by atoms with E-state index in [1.807, 2.05) is 27.7 Å². The topological polar surface area (TPSA) is 76.1 Å². The summed E-state index contributed by atoms with van der Waals surface area (Å²) in [6.45, 7) is 9.01. The smallest absolute Gasteiger partial charge is 0.225 e. The number of nitrogens with zero attached hydrogens (tertiary/aromatic N) is 2. The van der Waals surface area contributed by atoms with E-state index in [-0.39, 0.29) is 11.4 Å². The van der Waals surface area contributed by atoms with Crippen LogP contribution in [0.5, 0.6) is 5.88 Å². The predicted octanol–water partition coefficient (Wildman–Crippen LogP) is 1.98. The van der Waals surface area contributed by atoms with E-state index in [2.05, 4.69) is 20.6 Å². The molecule has 1 aromatic rings. The van der Waals surface area contributed by atoms with Crippen molar-refractivity contribution in [1.29, 1.82) is 0 Å². The van der Waals surface area contributed by atoms with E-state index in [1.54, 1.807) is 12.3 Å². The van der Waals surface area contributed by atoms with Gasteiger partial charge >= 0.3 is 0 Å². The number of aromatic nitrogens is 2. The van der Waals surface area contributed by atoms with Crippen molar-refractivity contribution in [3.8, 4) is 5.88 Å². The van der Waals surface area contributed by atoms with Crippen molar-refractivity contribution in [1.82, 2.24) is 15.3 Å². The second kappa shape index (κ2) is 7.67. The number of nitrogens with one attached hydrogen (secondary N) is 2. The first-order valence-electron chi connectivity index (χ1n) is 6.91. The van der Waals surface area contributed by atoms with E-state index in [1.165, 1.54) is 0 Å². The molecule has 2 N–H and O–H groups in total. The van der Waals surface area contributed by atoms with Gasteiger partial charge in [0.25, 0.3) is 0 Å². The Labute approximate surface area is 120 Å². The van der Waals surface area contributed by atoms with Crippen LogP contribution in [0.1, 0.15) is 40.5 Å². The molecule has 0 aliphatic heterocycles. The summed E-state index contributed by atoms with van der Waals surface area (Å²) in [4.78, 5) is 19.9. The number of hydrogen-bond donors (Lipinski definition) is 2. The molecule has 0 unspecified atom stereocenters. The SMILES string of the molecule is CCCOc1ccnc(NCCC(=O)NC(C)(C)C)n1. The lowest BCUT2D eigenvalue weighted by Crippen LogP contribution is -2.41. The minimum Gasteiger partial charge on any atom is -0.478 e. The fraction of sp³-hybridized carbons (Fsp3) is 0.643. The van der Waals surface area contributed by atoms with Crippen LogP contribution < -0.4 is 15.4 Å². The Morgan fingerprint density at radius 2 is 2.15 bits per heavy atom. The normalized spacial score (nSPS) is 11.0. The maximum Gasteiger partial charge on any atom is 0.225 e. The Bertz CT molecular complexity index is 429. The van der Waals surface area contributed by atoms with Crippen LogP contribution in [-0.4, -0.2) is 34.6 Å². The molecular weight excluding hydrogens is 256 g/mol. The van der Waals surface area contributed by atoms with Crippen LogP contribution in [0.4, 0.5) is 5.95 Å². The van der Waals surface area contributed by atoms with Crippen LogP contribution in [0.25, 0.3) is 0 Å². The van der Waals surface area contributed by atoms with E-state index >= 15 is 0 Å². The van der Waals surface area contributed by atoms with Gasteiger partial charge in [0.05, 0.1) is 6.61 Å². The molecule has 1 amide bonds. The van der Waals surface area contributed by atoms with Gasteiger partial charge < -0.3 is 15.4 Å². The molecule has 112 valence electrons. The Morgan fingerprint density at radius 3 is 2.80 bits per heavy atom. The number of amides is 1. The van der Waals surface area contributed by atoms with Crippen molar-refractivity contribution in [2.24, 2.45) is 0 Å². The number of rotatable bonds is 7. The lowest BCUT2D eigenvalue weighted by molar-refractivity contribution is -0.122. The molecule has 0 bridgehead atoms. The molecule has 0 aliphatic carbocycles. The molecule has 0 spiro atoms. The molecule has 1 heterocycles. The summed E-state index contributed by atoms with van der Waals surface area (Å²) in [6, 6.07) is 1.72. The summed E-state index contributed by atoms with van der Waals surface area (Å²) < 4.78 is 5.42. The fourth-order valence-electron chi connectivity index (χ4n) is 1.48. The highest BCUT2D eigenvalue weighted by Gasteiger charge is 2.13. The van der Waals surface area contributed by atoms with Gasteiger partial charge in [-0.1, -0.05) is 6.92 Å². The van der Waals surface area contributed by atoms with E-state index in [0.717, 1.165) is 6.42 Å². The Kier molecular flexibility index (Phi) is 6.21. The second-order valence-corrected chi connectivity index (χ2v) is 5.54. The van der Waals surface area contributed by atoms with Crippen LogP contribution in [0.3, 0.4) is 0 Å². The highest BCUT2D eigenvalue weighted by atomic mass is 16.5. The summed E-state index contributed by atoms with van der Waals surface area (Å²) in [6.07, 6.45) is 2.94. The molecule has 0 aromatic carbocycles. The molecule has 6 nitrogen and oxygen atoms in total. The van der Waals surface area contributed by atoms with Crippen LogP contribution in [0.15, 0.2) is 12.3 Å². The zero-order valence-electron chi connectivity index (χ0n) is 12.7. The van der Waals surface area contributed by atoms with Gasteiger partial charge in [0, 0.05) is 30.8 Å². The summed E-state index contributed by atoms with van der Waals surface area (Å²) >= 11 is 0. The highest BCUT2D eigenvalue weighted by molar-refractivity contribution is 5.77. The third-order valence-corrected chi connectivity index (χ3v) is 2.23. The number of carbonyl (C=O) groups is 1. The number of carbonyl (C=O) groups excluding carboxylic acids is 1. The van der Waals surface area contributed by atoms with Gasteiger partial charge in [0.1, 0.15) is 0 Å². The quantitative estimate of drug-likeness (QED) is 0.798. The largest absolute Gasteiger partial charge is 0.478 e. The zero-order valence-corrected chi connectivity index (χ0v) is 12.7. The van der Waals surface area contributed by atoms with Crippen LogP contribution in [0, 0.1) is 0 Å². The van der Waals surface area contributed by atoms with E-state index in [9.17, 15) is 4.79 Å². The van der Waals surface area contributed by atoms with Crippen molar-refractivity contribution < 1.29 is 9.53 Å². The summed E-state index contributed by atoms with van der Waals surface area (Å²) in [5.74, 6) is 1.02. The first-order chi connectivity index (χ1) is 9.40. The van der Waals surface area contributed by atoms with Crippen LogP contribution in [-0.2, 0) is 4.79 Å². The molecule has 1 aromatic heterocycles. The maximum absolute atomic E-state index is 11.6. The molecule has 0 saturated carbocycles. The van der Waals surface area contributed by atoms with E-state index in [4.69, 9.17) is 4.74 Å². The molecule has 0 saturated heterocycles. The van der Waals surface area contributed by atoms with Crippen molar-refractivity contribution >= 4 is 11.9 Å². The third kappa shape index (κ3) is 6.92. The second-order valence-electron chi connectivity index (χ2n) is 5.54. The number of ether oxygens (including phenoxy) is 1. The summed E-state index contributed by atoms with van der Waals surface area (Å²) in [7, 11) is 0. The first kappa shape index (κ1) is 16.2. The summed E-state index contributed by atoms with van der Waals surface area (Å²) in [5.41, 5.74) is -0.207. The standard InChI is InChI=1S/C14H24N4O2/c1-5-10-20-12-7-9-16-13(17-12)15-8-6-11(19)18-14(2,3)4/h7,9H,5-6,8,10H2,1-4H3,(H,18,19)(H,15,16,17). The third-order valence-electron chi connectivity index (χ3n) is 2.23. The molecule has 0 aliphatic rings. The van der Waals surface area contributed by atoms with E-state index < -0.39 is 0 Å². The van der Waals surface area contributed by atoms with Gasteiger partial charge in [0.15, 0.2) is 0 Å². The Balaban J connectivity index is 2.36. The van der Waals surface area contributed by atoms with Crippen molar-refractivity contribution in [3.05, 3.63) is 12.3 Å². The lowest BCUT2D eigenvalue weighted by Gasteiger charge is -2.20. The van der Waals surface area contributed by atoms with Crippen molar-refractivity contribution in [2.45, 2.75) is 46.1 Å². The van der Waals surface area contributed by atoms with E-state index in [0.29, 0.717) is 31.4 Å². The molecule has 0 fully saturated rings. The molecule has 6 heteroatoms. The average molecular weight is 280 g/mol. The van der Waals surface area contributed by atoms with Gasteiger partial charge in [-0.3, -0.25) is 4.79 Å². The molecule has 1 rings (SSSR count). The number of anilines is 1. The van der Waals surface area contributed by atoms with Crippen LogP contribution in [0.2, 0.25) is 0 Å². The molecule has 20 heavy (non-hydrogen) atoms. The van der Waals surface area contributed by atoms with Gasteiger partial charge in [-0.05, 0) is 27.2 Å². The van der Waals surface area contributed by atoms with Crippen LogP contribution >= 0.6 is 0 Å². The maximum atomic E-state index is 11.6. The minimum absolute atomic E-state index is 0.00314. The van der Waals surface area contributed by atoms with Crippen molar-refractivity contribution in [2.75, 3.05) is 18.5 Å². The van der Waals surface area contributed by atoms with Gasteiger partial charge in [0.2, 0.25) is 17.7 Å². The monoisotopic (exact) mass is 280 g/mol. The fourth-order valence-corrected chi connectivity index (χ4v) is 1.48. The van der Waals surface area contributed by atoms with Gasteiger partial charge in [-0.25, -0.2) is 4.98 Å². The summed E-state index contributed by atoms with van der Waals surface area (Å²) in [5, 5.41) is 5.92. The Morgan fingerprint density at radius 1 is 1.40 bits per heavy atom. The minimum atomic E-state index is -0.207. The molecule has 0 radical (unpaired) electrons. The van der Waals surface area contributed by atoms with Gasteiger partial charge in [-0.2, -0.15) is 4.98 Å². The molecule has 0 atom stereocenters. The van der Waals surface area contributed by atoms with Gasteiger partial charge in [-0.15, -0.1) is 0 Å². The Hall–Kier alpha value is -1.85. The lowest BCUT2D eigenvalue weighted by atomic mass is 10.1. The van der Waals surface area contributed by atoms with Crippen molar-refractivity contribution in [3.63, 3.8) is 0 Å².